The number of nitrogens with one attached hydrogen (secondary N) is 1. The lowest BCUT2D eigenvalue weighted by Crippen LogP contribution is -2.33. The zero-order chi connectivity index (χ0) is 19.9. The highest BCUT2D eigenvalue weighted by Crippen LogP contribution is 2.24. The van der Waals surface area contributed by atoms with Crippen LogP contribution in [0.1, 0.15) is 62.6 Å². The third-order valence-electron chi connectivity index (χ3n) is 5.39. The summed E-state index contributed by atoms with van der Waals surface area (Å²) in [6.07, 6.45) is 6.54. The van der Waals surface area contributed by atoms with Crippen LogP contribution >= 0.6 is 11.3 Å². The molecule has 0 bridgehead atoms. The first kappa shape index (κ1) is 20.6. The minimum atomic E-state index is -0.417. The molecule has 0 atom stereocenters. The molecule has 28 heavy (non-hydrogen) atoms. The van der Waals surface area contributed by atoms with E-state index in [1.807, 2.05) is 6.07 Å². The van der Waals surface area contributed by atoms with Crippen LogP contribution in [0.15, 0.2) is 36.4 Å². The van der Waals surface area contributed by atoms with Crippen molar-refractivity contribution < 1.29 is 14.3 Å². The Labute approximate surface area is 170 Å². The van der Waals surface area contributed by atoms with E-state index < -0.39 is 5.97 Å². The molecule has 1 aromatic heterocycles. The maximum absolute atomic E-state index is 12.5. The molecule has 1 aliphatic rings. The fraction of sp³-hybridized carbons (Fsp3) is 0.455. The molecule has 0 spiro atoms. The first-order valence-electron chi connectivity index (χ1n) is 9.82. The Morgan fingerprint density at radius 2 is 1.75 bits per heavy atom. The number of esters is 1. The Morgan fingerprint density at radius 1 is 1.07 bits per heavy atom. The van der Waals surface area contributed by atoms with Gasteiger partial charge in [0.25, 0.3) is 5.91 Å². The first-order chi connectivity index (χ1) is 13.6. The molecule has 6 heteroatoms. The Hall–Kier alpha value is -2.18. The number of amides is 1. The van der Waals surface area contributed by atoms with Gasteiger partial charge in [0.2, 0.25) is 0 Å². The maximum atomic E-state index is 12.5. The minimum Gasteiger partial charge on any atom is -0.465 e. The molecular formula is C22H28N2O3S. The van der Waals surface area contributed by atoms with E-state index >= 15 is 0 Å². The maximum Gasteiger partial charge on any atom is 0.348 e. The molecule has 1 aromatic carbocycles. The van der Waals surface area contributed by atoms with Crippen molar-refractivity contribution in [3.63, 3.8) is 0 Å². The summed E-state index contributed by atoms with van der Waals surface area (Å²) in [4.78, 5) is 27.4. The summed E-state index contributed by atoms with van der Waals surface area (Å²) in [7, 11) is 3.54. The highest BCUT2D eigenvalue weighted by molar-refractivity contribution is 7.15. The molecule has 1 fully saturated rings. The summed E-state index contributed by atoms with van der Waals surface area (Å²) in [6, 6.07) is 12.2. The van der Waals surface area contributed by atoms with Crippen LogP contribution in [0.3, 0.4) is 0 Å². The fourth-order valence-corrected chi connectivity index (χ4v) is 4.58. The van der Waals surface area contributed by atoms with Crippen molar-refractivity contribution in [1.82, 2.24) is 10.2 Å². The van der Waals surface area contributed by atoms with Crippen LogP contribution in [0.5, 0.6) is 0 Å². The van der Waals surface area contributed by atoms with Crippen molar-refractivity contribution in [3.05, 3.63) is 57.3 Å². The lowest BCUT2D eigenvalue weighted by atomic mass is 9.94. The molecule has 0 radical (unpaired) electrons. The van der Waals surface area contributed by atoms with Gasteiger partial charge >= 0.3 is 5.97 Å². The zero-order valence-electron chi connectivity index (χ0n) is 16.6. The molecule has 5 nitrogen and oxygen atoms in total. The lowest BCUT2D eigenvalue weighted by Gasteiger charge is -2.31. The number of nitrogens with zero attached hydrogens (tertiary/aromatic N) is 1. The van der Waals surface area contributed by atoms with E-state index in [1.165, 1.54) is 44.8 Å². The number of thiophene rings is 1. The van der Waals surface area contributed by atoms with E-state index in [2.05, 4.69) is 35.5 Å². The predicted octanol–water partition coefficient (Wildman–Crippen LogP) is 4.23. The normalized spacial score (nSPS) is 14.8. The molecule has 1 heterocycles. The molecule has 150 valence electrons. The second-order valence-corrected chi connectivity index (χ2v) is 8.40. The summed E-state index contributed by atoms with van der Waals surface area (Å²) < 4.78 is 4.70. The fourth-order valence-electron chi connectivity index (χ4n) is 3.74. The zero-order valence-corrected chi connectivity index (χ0v) is 17.4. The van der Waals surface area contributed by atoms with E-state index in [9.17, 15) is 9.59 Å². The second-order valence-electron chi connectivity index (χ2n) is 7.31. The van der Waals surface area contributed by atoms with Crippen molar-refractivity contribution in [2.75, 3.05) is 14.2 Å². The van der Waals surface area contributed by atoms with Gasteiger partial charge in [-0.3, -0.25) is 9.69 Å². The summed E-state index contributed by atoms with van der Waals surface area (Å²) in [5, 5.41) is 2.98. The molecule has 1 N–H and O–H groups in total. The number of carbonyl (C=O) groups excluding carboxylic acids is 2. The third kappa shape index (κ3) is 5.20. The van der Waals surface area contributed by atoms with E-state index in [0.29, 0.717) is 22.3 Å². The number of methoxy groups -OCH3 is 1. The average molecular weight is 401 g/mol. The molecule has 1 amide bonds. The largest absolute Gasteiger partial charge is 0.465 e. The van der Waals surface area contributed by atoms with Crippen LogP contribution in [0.25, 0.3) is 0 Å². The van der Waals surface area contributed by atoms with Gasteiger partial charge in [-0.15, -0.1) is 11.3 Å². The van der Waals surface area contributed by atoms with Crippen LogP contribution in [0.2, 0.25) is 0 Å². The molecule has 3 rings (SSSR count). The lowest BCUT2D eigenvalue weighted by molar-refractivity contribution is 0.0606. The molecule has 2 aromatic rings. The summed E-state index contributed by atoms with van der Waals surface area (Å²) in [5.74, 6) is -0.587. The number of hydrogen-bond donors (Lipinski definition) is 1. The topological polar surface area (TPSA) is 58.6 Å². The molecule has 1 aliphatic carbocycles. The van der Waals surface area contributed by atoms with Crippen molar-refractivity contribution in [2.24, 2.45) is 0 Å². The van der Waals surface area contributed by atoms with Gasteiger partial charge in [0, 0.05) is 19.1 Å². The number of rotatable bonds is 7. The number of benzene rings is 1. The first-order valence-corrected chi connectivity index (χ1v) is 10.6. The minimum absolute atomic E-state index is 0.171. The van der Waals surface area contributed by atoms with Gasteiger partial charge in [0.1, 0.15) is 4.88 Å². The van der Waals surface area contributed by atoms with Crippen molar-refractivity contribution in [1.29, 1.82) is 0 Å². The number of hydrogen-bond acceptors (Lipinski definition) is 5. The predicted molar refractivity (Wildman–Crippen MR) is 112 cm³/mol. The molecular weight excluding hydrogens is 372 g/mol. The van der Waals surface area contributed by atoms with Crippen molar-refractivity contribution in [2.45, 2.75) is 51.2 Å². The van der Waals surface area contributed by atoms with Gasteiger partial charge in [-0.05, 0) is 43.1 Å². The standard InChI is InChI=1S/C22H28N2O3S/c1-24(18-10-4-3-5-11-18)15-17-9-7-6-8-16(17)14-23-21(25)19-12-13-20(28-19)22(26)27-2/h6-9,12-13,18H,3-5,10-11,14-15H2,1-2H3,(H,23,25). The monoisotopic (exact) mass is 400 g/mol. The third-order valence-corrected chi connectivity index (χ3v) is 6.46. The number of ether oxygens (including phenoxy) is 1. The Kier molecular flexibility index (Phi) is 7.23. The molecule has 1 saturated carbocycles. The van der Waals surface area contributed by atoms with Crippen LogP contribution in [-0.2, 0) is 17.8 Å². The quantitative estimate of drug-likeness (QED) is 0.707. The smallest absolute Gasteiger partial charge is 0.348 e. The molecule has 0 saturated heterocycles. The highest BCUT2D eigenvalue weighted by Gasteiger charge is 2.19. The van der Waals surface area contributed by atoms with Crippen LogP contribution in [0.4, 0.5) is 0 Å². The van der Waals surface area contributed by atoms with E-state index in [4.69, 9.17) is 4.74 Å². The van der Waals surface area contributed by atoms with Gasteiger partial charge in [-0.1, -0.05) is 43.5 Å². The van der Waals surface area contributed by atoms with Gasteiger partial charge in [-0.2, -0.15) is 0 Å². The van der Waals surface area contributed by atoms with Crippen molar-refractivity contribution in [3.8, 4) is 0 Å². The highest BCUT2D eigenvalue weighted by atomic mass is 32.1. The molecule has 0 unspecified atom stereocenters. The van der Waals surface area contributed by atoms with Gasteiger partial charge in [-0.25, -0.2) is 4.79 Å². The summed E-state index contributed by atoms with van der Waals surface area (Å²) >= 11 is 1.15. The summed E-state index contributed by atoms with van der Waals surface area (Å²) in [5.41, 5.74) is 2.38. The van der Waals surface area contributed by atoms with Gasteiger partial charge in [0.15, 0.2) is 0 Å². The SMILES string of the molecule is COC(=O)c1ccc(C(=O)NCc2ccccc2CN(C)C2CCCCC2)s1. The van der Waals surface area contributed by atoms with Crippen LogP contribution < -0.4 is 5.32 Å². The van der Waals surface area contributed by atoms with Gasteiger partial charge in [0.05, 0.1) is 12.0 Å². The number of carbonyl (C=O) groups is 2. The van der Waals surface area contributed by atoms with Crippen LogP contribution in [0, 0.1) is 0 Å². The summed E-state index contributed by atoms with van der Waals surface area (Å²) in [6.45, 7) is 1.36. The van der Waals surface area contributed by atoms with Crippen molar-refractivity contribution >= 4 is 23.2 Å². The van der Waals surface area contributed by atoms with E-state index in [0.717, 1.165) is 23.4 Å². The Morgan fingerprint density at radius 3 is 2.46 bits per heavy atom. The molecule has 0 aliphatic heterocycles. The Balaban J connectivity index is 1.60. The Bertz CT molecular complexity index is 812. The van der Waals surface area contributed by atoms with Crippen LogP contribution in [-0.4, -0.2) is 37.0 Å². The van der Waals surface area contributed by atoms with Gasteiger partial charge < -0.3 is 10.1 Å². The van der Waals surface area contributed by atoms with E-state index in [1.54, 1.807) is 12.1 Å². The average Bonchev–Trinajstić information content (AvgIpc) is 3.23. The second kappa shape index (κ2) is 9.85. The van der Waals surface area contributed by atoms with E-state index in [-0.39, 0.29) is 5.91 Å².